The van der Waals surface area contributed by atoms with E-state index in [1.165, 1.54) is 17.3 Å². The van der Waals surface area contributed by atoms with Crippen LogP contribution in [0.25, 0.3) is 16.6 Å². The SMILES string of the molecule is O=C(O)C(F)(F)F.O=C(c1cncc2nccn12)N1CCC(F)(F)C(Oc2ccc3ccccc3n2)C1. The number of alkyl halides is 5. The number of carboxylic acid groups (broad SMARTS) is 1. The van der Waals surface area contributed by atoms with Gasteiger partial charge in [0.05, 0.1) is 24.5 Å². The maximum absolute atomic E-state index is 14.6. The van der Waals surface area contributed by atoms with Gasteiger partial charge in [-0.15, -0.1) is 0 Å². The Kier molecular flexibility index (Phi) is 6.92. The van der Waals surface area contributed by atoms with Gasteiger partial charge in [-0.1, -0.05) is 18.2 Å². The summed E-state index contributed by atoms with van der Waals surface area (Å²) < 4.78 is 68.1. The zero-order chi connectivity index (χ0) is 26.8. The predicted octanol–water partition coefficient (Wildman–Crippen LogP) is 3.84. The fourth-order valence-electron chi connectivity index (χ4n) is 3.61. The number of benzene rings is 1. The first-order valence-electron chi connectivity index (χ1n) is 10.7. The molecule has 0 bridgehead atoms. The van der Waals surface area contributed by atoms with Crippen LogP contribution >= 0.6 is 0 Å². The number of carbonyl (C=O) groups is 2. The normalized spacial score (nSPS) is 17.2. The molecule has 0 radical (unpaired) electrons. The minimum absolute atomic E-state index is 0.0814. The number of aromatic nitrogens is 4. The quantitative estimate of drug-likeness (QED) is 0.407. The van der Waals surface area contributed by atoms with Crippen molar-refractivity contribution in [1.82, 2.24) is 24.3 Å². The van der Waals surface area contributed by atoms with Gasteiger partial charge in [-0.25, -0.2) is 23.5 Å². The van der Waals surface area contributed by atoms with Gasteiger partial charge in [-0.2, -0.15) is 13.2 Å². The molecule has 1 atom stereocenters. The molecule has 0 saturated carbocycles. The Morgan fingerprint density at radius 3 is 2.57 bits per heavy atom. The van der Waals surface area contributed by atoms with Gasteiger partial charge in [-0.3, -0.25) is 14.2 Å². The predicted molar refractivity (Wildman–Crippen MR) is 118 cm³/mol. The number of aliphatic carboxylic acids is 1. The molecule has 3 aromatic heterocycles. The third-order valence-corrected chi connectivity index (χ3v) is 5.47. The number of hydrogen-bond donors (Lipinski definition) is 1. The van der Waals surface area contributed by atoms with Crippen molar-refractivity contribution in [2.24, 2.45) is 0 Å². The fraction of sp³-hybridized carbons (Fsp3) is 0.261. The van der Waals surface area contributed by atoms with E-state index in [0.29, 0.717) is 11.2 Å². The van der Waals surface area contributed by atoms with Crippen LogP contribution in [0.1, 0.15) is 16.9 Å². The van der Waals surface area contributed by atoms with E-state index in [-0.39, 0.29) is 24.7 Å². The first-order valence-corrected chi connectivity index (χ1v) is 10.7. The molecule has 5 rings (SSSR count). The molecule has 1 saturated heterocycles. The van der Waals surface area contributed by atoms with Gasteiger partial charge in [0, 0.05) is 36.8 Å². The van der Waals surface area contributed by atoms with Gasteiger partial charge in [0.15, 0.2) is 11.8 Å². The number of hydrogen-bond acceptors (Lipinski definition) is 6. The maximum atomic E-state index is 14.6. The Balaban J connectivity index is 0.000000405. The lowest BCUT2D eigenvalue weighted by Crippen LogP contribution is -2.55. The zero-order valence-electron chi connectivity index (χ0n) is 18.8. The van der Waals surface area contributed by atoms with Gasteiger partial charge in [0.1, 0.15) is 5.69 Å². The number of halogens is 5. The van der Waals surface area contributed by atoms with Gasteiger partial charge >= 0.3 is 12.1 Å². The molecule has 1 fully saturated rings. The Morgan fingerprint density at radius 2 is 1.84 bits per heavy atom. The summed E-state index contributed by atoms with van der Waals surface area (Å²) in [5.41, 5.74) is 1.43. The topological polar surface area (TPSA) is 110 Å². The summed E-state index contributed by atoms with van der Waals surface area (Å²) in [7, 11) is 0. The highest BCUT2D eigenvalue weighted by Gasteiger charge is 2.47. The number of piperidine rings is 1. The number of nitrogens with zero attached hydrogens (tertiary/aromatic N) is 5. The van der Waals surface area contributed by atoms with E-state index in [4.69, 9.17) is 14.6 Å². The molecular formula is C23H18F5N5O4. The number of imidazole rings is 1. The van der Waals surface area contributed by atoms with Crippen molar-refractivity contribution < 1.29 is 41.4 Å². The summed E-state index contributed by atoms with van der Waals surface area (Å²) >= 11 is 0. The molecule has 0 spiro atoms. The van der Waals surface area contributed by atoms with Crippen LogP contribution in [-0.4, -0.2) is 72.5 Å². The summed E-state index contributed by atoms with van der Waals surface area (Å²) in [5, 5.41) is 8.01. The van der Waals surface area contributed by atoms with Crippen molar-refractivity contribution in [2.45, 2.75) is 24.6 Å². The zero-order valence-corrected chi connectivity index (χ0v) is 18.8. The number of pyridine rings is 1. The molecular weight excluding hydrogens is 505 g/mol. The average Bonchev–Trinajstić information content (AvgIpc) is 3.34. The highest BCUT2D eigenvalue weighted by Crippen LogP contribution is 2.32. The molecule has 4 heterocycles. The molecule has 1 unspecified atom stereocenters. The van der Waals surface area contributed by atoms with E-state index in [0.717, 1.165) is 5.39 Å². The first-order chi connectivity index (χ1) is 17.5. The number of carbonyl (C=O) groups excluding carboxylic acids is 1. The number of para-hydroxylation sites is 1. The minimum Gasteiger partial charge on any atom is -0.475 e. The summed E-state index contributed by atoms with van der Waals surface area (Å²) in [6, 6.07) is 10.7. The second-order valence-corrected chi connectivity index (χ2v) is 7.96. The van der Waals surface area contributed by atoms with Crippen LogP contribution in [0.4, 0.5) is 22.0 Å². The fourth-order valence-corrected chi connectivity index (χ4v) is 3.61. The van der Waals surface area contributed by atoms with E-state index in [2.05, 4.69) is 15.0 Å². The van der Waals surface area contributed by atoms with Crippen molar-refractivity contribution in [3.05, 3.63) is 66.9 Å². The Labute approximate surface area is 205 Å². The van der Waals surface area contributed by atoms with Crippen LogP contribution in [0.5, 0.6) is 5.88 Å². The molecule has 9 nitrogen and oxygen atoms in total. The molecule has 37 heavy (non-hydrogen) atoms. The van der Waals surface area contributed by atoms with Gasteiger partial charge in [-0.05, 0) is 12.1 Å². The Morgan fingerprint density at radius 1 is 1.11 bits per heavy atom. The lowest BCUT2D eigenvalue weighted by atomic mass is 10.0. The summed E-state index contributed by atoms with van der Waals surface area (Å²) in [6.07, 6.45) is -0.961. The van der Waals surface area contributed by atoms with Crippen LogP contribution in [0.3, 0.4) is 0 Å². The lowest BCUT2D eigenvalue weighted by Gasteiger charge is -2.37. The number of fused-ring (bicyclic) bond motifs is 2. The highest BCUT2D eigenvalue weighted by atomic mass is 19.4. The second kappa shape index (κ2) is 9.95. The molecule has 1 aliphatic heterocycles. The maximum Gasteiger partial charge on any atom is 0.490 e. The summed E-state index contributed by atoms with van der Waals surface area (Å²) in [4.78, 5) is 35.7. The highest BCUT2D eigenvalue weighted by molar-refractivity contribution is 5.93. The minimum atomic E-state index is -5.08. The number of likely N-dealkylation sites (tertiary alicyclic amines) is 1. The summed E-state index contributed by atoms with van der Waals surface area (Å²) in [6.45, 7) is -0.340. The van der Waals surface area contributed by atoms with Crippen LogP contribution in [-0.2, 0) is 4.79 Å². The molecule has 1 amide bonds. The lowest BCUT2D eigenvalue weighted by molar-refractivity contribution is -0.192. The number of ether oxygens (including phenoxy) is 1. The monoisotopic (exact) mass is 523 g/mol. The van der Waals surface area contributed by atoms with Gasteiger partial charge in [0.25, 0.3) is 11.8 Å². The van der Waals surface area contributed by atoms with Crippen molar-refractivity contribution in [2.75, 3.05) is 13.1 Å². The Hall–Kier alpha value is -4.36. The molecule has 1 aromatic carbocycles. The molecule has 0 aliphatic carbocycles. The van der Waals surface area contributed by atoms with Crippen molar-refractivity contribution in [3.8, 4) is 5.88 Å². The molecule has 194 valence electrons. The van der Waals surface area contributed by atoms with E-state index < -0.39 is 36.5 Å². The van der Waals surface area contributed by atoms with E-state index in [1.54, 1.807) is 35.0 Å². The third-order valence-electron chi connectivity index (χ3n) is 5.47. The van der Waals surface area contributed by atoms with Gasteiger partial charge < -0.3 is 14.7 Å². The third kappa shape index (κ3) is 5.73. The molecule has 4 aromatic rings. The van der Waals surface area contributed by atoms with E-state index in [1.807, 2.05) is 18.2 Å². The van der Waals surface area contributed by atoms with Crippen molar-refractivity contribution >= 4 is 28.4 Å². The van der Waals surface area contributed by atoms with Crippen LogP contribution in [0, 0.1) is 0 Å². The molecule has 14 heteroatoms. The number of amides is 1. The van der Waals surface area contributed by atoms with E-state index >= 15 is 0 Å². The average molecular weight is 523 g/mol. The van der Waals surface area contributed by atoms with Crippen molar-refractivity contribution in [3.63, 3.8) is 0 Å². The standard InChI is InChI=1S/C21H17F2N5O2.C2HF3O2/c22-21(23)7-9-27(20(29)16-11-24-12-18-25-8-10-28(16)18)13-17(21)30-19-6-5-14-3-1-2-4-15(14)26-19;3-2(4,5)1(6)7/h1-6,8,10-12,17H,7,9,13H2;(H,6,7). The number of rotatable bonds is 3. The van der Waals surface area contributed by atoms with Crippen molar-refractivity contribution in [1.29, 1.82) is 0 Å². The van der Waals surface area contributed by atoms with Crippen LogP contribution < -0.4 is 4.74 Å². The molecule has 1 N–H and O–H groups in total. The number of carboxylic acids is 1. The van der Waals surface area contributed by atoms with Crippen LogP contribution in [0.2, 0.25) is 0 Å². The summed E-state index contributed by atoms with van der Waals surface area (Å²) in [5.74, 6) is -6.14. The molecule has 1 aliphatic rings. The largest absolute Gasteiger partial charge is 0.490 e. The smallest absolute Gasteiger partial charge is 0.475 e. The second-order valence-electron chi connectivity index (χ2n) is 7.96. The first kappa shape index (κ1) is 25.7. The van der Waals surface area contributed by atoms with E-state index in [9.17, 15) is 26.7 Å². The Bertz CT molecular complexity index is 1440. The van der Waals surface area contributed by atoms with Crippen LogP contribution in [0.15, 0.2) is 61.2 Å². The van der Waals surface area contributed by atoms with Gasteiger partial charge in [0.2, 0.25) is 5.88 Å².